The van der Waals surface area contributed by atoms with Gasteiger partial charge in [0.05, 0.1) is 30.2 Å². The highest BCUT2D eigenvalue weighted by Gasteiger charge is 2.60. The number of hydrogen-bond acceptors (Lipinski definition) is 8. The van der Waals surface area contributed by atoms with E-state index in [1.54, 1.807) is 11.8 Å². The molecule has 2 amide bonds. The van der Waals surface area contributed by atoms with Crippen molar-refractivity contribution in [2.45, 2.75) is 49.8 Å². The van der Waals surface area contributed by atoms with Gasteiger partial charge in [0.15, 0.2) is 0 Å². The van der Waals surface area contributed by atoms with Gasteiger partial charge < -0.3 is 35.8 Å². The van der Waals surface area contributed by atoms with Crippen LogP contribution in [0, 0.1) is 11.8 Å². The SMILES string of the molecule is CC(O)[C@H]1C(=O)N2C(C(=O)O)=C(S[C@@H]3CN[C@H](C(=O)N4CCNCC(O)C4)C3)[C@H](C)[C@H]12.Cl. The van der Waals surface area contributed by atoms with Gasteiger partial charge in [-0.05, 0) is 13.3 Å². The van der Waals surface area contributed by atoms with Crippen molar-refractivity contribution in [2.75, 3.05) is 32.7 Å². The van der Waals surface area contributed by atoms with Gasteiger partial charge >= 0.3 is 5.97 Å². The third kappa shape index (κ3) is 4.38. The van der Waals surface area contributed by atoms with Crippen LogP contribution >= 0.6 is 24.2 Å². The summed E-state index contributed by atoms with van der Waals surface area (Å²) < 4.78 is 0. The van der Waals surface area contributed by atoms with Crippen molar-refractivity contribution in [3.8, 4) is 0 Å². The lowest BCUT2D eigenvalue weighted by molar-refractivity contribution is -0.163. The molecule has 32 heavy (non-hydrogen) atoms. The van der Waals surface area contributed by atoms with Crippen LogP contribution < -0.4 is 10.6 Å². The lowest BCUT2D eigenvalue weighted by atomic mass is 9.79. The molecule has 0 aliphatic carbocycles. The van der Waals surface area contributed by atoms with E-state index in [1.165, 1.54) is 16.7 Å². The number of amides is 2. The topological polar surface area (TPSA) is 142 Å². The summed E-state index contributed by atoms with van der Waals surface area (Å²) in [5.41, 5.74) is 0.0147. The molecule has 10 nitrogen and oxygen atoms in total. The van der Waals surface area contributed by atoms with E-state index in [4.69, 9.17) is 0 Å². The Bertz CT molecular complexity index is 811. The first-order valence-electron chi connectivity index (χ1n) is 10.8. The molecule has 0 aromatic carbocycles. The zero-order valence-corrected chi connectivity index (χ0v) is 19.7. The summed E-state index contributed by atoms with van der Waals surface area (Å²) in [6, 6.07) is -0.712. The number of carbonyl (C=O) groups is 3. The number of rotatable bonds is 5. The van der Waals surface area contributed by atoms with Crippen LogP contribution in [0.3, 0.4) is 0 Å². The molecular weight excluding hydrogens is 460 g/mol. The number of fused-ring (bicyclic) bond motifs is 1. The molecule has 0 radical (unpaired) electrons. The zero-order chi connectivity index (χ0) is 22.4. The molecule has 180 valence electrons. The highest BCUT2D eigenvalue weighted by atomic mass is 35.5. The Morgan fingerprint density at radius 1 is 1.28 bits per heavy atom. The second kappa shape index (κ2) is 9.86. The van der Waals surface area contributed by atoms with Crippen molar-refractivity contribution in [3.63, 3.8) is 0 Å². The minimum absolute atomic E-state index is 0. The fourth-order valence-corrected chi connectivity index (χ4v) is 6.63. The fourth-order valence-electron chi connectivity index (χ4n) is 5.15. The van der Waals surface area contributed by atoms with Gasteiger partial charge in [-0.1, -0.05) is 6.92 Å². The summed E-state index contributed by atoms with van der Waals surface area (Å²) in [6.07, 6.45) is -0.876. The number of hydrogen-bond donors (Lipinski definition) is 5. The Kier molecular flexibility index (Phi) is 7.78. The van der Waals surface area contributed by atoms with Crippen LogP contribution in [0.5, 0.6) is 0 Å². The predicted molar refractivity (Wildman–Crippen MR) is 120 cm³/mol. The number of aliphatic hydroxyl groups excluding tert-OH is 2. The van der Waals surface area contributed by atoms with Gasteiger partial charge in [-0.3, -0.25) is 9.59 Å². The van der Waals surface area contributed by atoms with E-state index in [0.29, 0.717) is 44.0 Å². The largest absolute Gasteiger partial charge is 0.477 e. The molecule has 3 saturated heterocycles. The van der Waals surface area contributed by atoms with Gasteiger partial charge in [0.25, 0.3) is 0 Å². The van der Waals surface area contributed by atoms with Crippen molar-refractivity contribution in [1.82, 2.24) is 20.4 Å². The number of thioether (sulfide) groups is 1. The number of β-amino-alcohol motifs (C(OH)–C–C–N with tert-alkyl or cyclic N) is 1. The number of nitrogens with zero attached hydrogens (tertiary/aromatic N) is 2. The first kappa shape index (κ1) is 25.3. The molecule has 5 N–H and O–H groups in total. The normalized spacial score (nSPS) is 35.7. The van der Waals surface area contributed by atoms with Crippen molar-refractivity contribution in [3.05, 3.63) is 10.6 Å². The quantitative estimate of drug-likeness (QED) is 0.301. The average Bonchev–Trinajstić information content (AvgIpc) is 3.17. The smallest absolute Gasteiger partial charge is 0.353 e. The van der Waals surface area contributed by atoms with Crippen LogP contribution in [-0.4, -0.2) is 105 Å². The molecule has 12 heteroatoms. The molecule has 0 saturated carbocycles. The summed E-state index contributed by atoms with van der Waals surface area (Å²) in [7, 11) is 0. The van der Waals surface area contributed by atoms with Crippen molar-refractivity contribution >= 4 is 42.0 Å². The monoisotopic (exact) mass is 490 g/mol. The molecule has 2 unspecified atom stereocenters. The van der Waals surface area contributed by atoms with Crippen LogP contribution in [0.1, 0.15) is 20.3 Å². The van der Waals surface area contributed by atoms with Gasteiger partial charge in [-0.15, -0.1) is 24.2 Å². The number of aliphatic hydroxyl groups is 2. The lowest BCUT2D eigenvalue weighted by Crippen LogP contribution is -2.63. The summed E-state index contributed by atoms with van der Waals surface area (Å²) in [5.74, 6) is -2.30. The highest BCUT2D eigenvalue weighted by molar-refractivity contribution is 8.03. The van der Waals surface area contributed by atoms with Crippen LogP contribution in [0.25, 0.3) is 0 Å². The van der Waals surface area contributed by atoms with Crippen LogP contribution in [0.2, 0.25) is 0 Å². The lowest BCUT2D eigenvalue weighted by Gasteiger charge is -2.46. The zero-order valence-electron chi connectivity index (χ0n) is 18.1. The second-order valence-electron chi connectivity index (χ2n) is 8.85. The predicted octanol–water partition coefficient (Wildman–Crippen LogP) is -1.18. The first-order valence-corrected chi connectivity index (χ1v) is 11.6. The Balaban J connectivity index is 0.00000289. The third-order valence-corrected chi connectivity index (χ3v) is 8.19. The average molecular weight is 491 g/mol. The van der Waals surface area contributed by atoms with Gasteiger partial charge in [0, 0.05) is 48.8 Å². The van der Waals surface area contributed by atoms with Gasteiger partial charge in [0.2, 0.25) is 11.8 Å². The van der Waals surface area contributed by atoms with Crippen molar-refractivity contribution < 1.29 is 29.7 Å². The summed E-state index contributed by atoms with van der Waals surface area (Å²) in [6.45, 7) is 5.95. The van der Waals surface area contributed by atoms with E-state index < -0.39 is 24.1 Å². The number of nitrogens with one attached hydrogen (secondary N) is 2. The Morgan fingerprint density at radius 2 is 2.00 bits per heavy atom. The molecule has 4 aliphatic rings. The molecule has 0 bridgehead atoms. The van der Waals surface area contributed by atoms with Crippen LogP contribution in [0.4, 0.5) is 0 Å². The second-order valence-corrected chi connectivity index (χ2v) is 10.2. The van der Waals surface area contributed by atoms with E-state index in [0.717, 1.165) is 0 Å². The summed E-state index contributed by atoms with van der Waals surface area (Å²) in [5, 5.41) is 36.0. The number of carboxylic acids is 1. The number of carboxylic acid groups (broad SMARTS) is 1. The minimum Gasteiger partial charge on any atom is -0.477 e. The van der Waals surface area contributed by atoms with Crippen molar-refractivity contribution in [2.24, 2.45) is 11.8 Å². The van der Waals surface area contributed by atoms with E-state index in [-0.39, 0.29) is 53.2 Å². The number of aliphatic carboxylic acids is 1. The number of β-lactam (4-membered cyclic amide) rings is 1. The highest BCUT2D eigenvalue weighted by Crippen LogP contribution is 2.51. The Hall–Kier alpha value is -1.37. The maximum absolute atomic E-state index is 12.9. The minimum atomic E-state index is -1.14. The number of halogens is 1. The standard InChI is InChI=1S/C20H30N4O6S.ClH/c1-9-15-14(10(2)25)19(28)24(15)16(20(29)30)17(9)31-12-5-13(22-7-12)18(27)23-4-3-21-6-11(26)8-23;/h9-15,21-22,25-26H,3-8H2,1-2H3,(H,29,30);1H/t9-,10?,11?,12+,13+,14-,15-;/m1./s1. The van der Waals surface area contributed by atoms with Crippen LogP contribution in [0.15, 0.2) is 10.6 Å². The third-order valence-electron chi connectivity index (χ3n) is 6.67. The van der Waals surface area contributed by atoms with Crippen molar-refractivity contribution in [1.29, 1.82) is 0 Å². The maximum Gasteiger partial charge on any atom is 0.353 e. The Labute approximate surface area is 197 Å². The molecule has 3 fully saturated rings. The molecule has 0 spiro atoms. The molecule has 7 atom stereocenters. The van der Waals surface area contributed by atoms with Gasteiger partial charge in [0.1, 0.15) is 5.70 Å². The van der Waals surface area contributed by atoms with E-state index in [9.17, 15) is 29.7 Å². The van der Waals surface area contributed by atoms with Gasteiger partial charge in [-0.2, -0.15) is 0 Å². The number of carbonyl (C=O) groups excluding carboxylic acids is 2. The molecule has 0 aromatic rings. The van der Waals surface area contributed by atoms with E-state index >= 15 is 0 Å². The molecule has 4 heterocycles. The maximum atomic E-state index is 12.9. The van der Waals surface area contributed by atoms with Crippen LogP contribution in [-0.2, 0) is 14.4 Å². The van der Waals surface area contributed by atoms with E-state index in [1.807, 2.05) is 6.92 Å². The first-order chi connectivity index (χ1) is 14.7. The summed E-state index contributed by atoms with van der Waals surface area (Å²) in [4.78, 5) is 41.0. The molecule has 0 aromatic heterocycles. The molecule has 4 rings (SSSR count). The molecular formula is C20H31ClN4O6S. The Morgan fingerprint density at radius 3 is 2.66 bits per heavy atom. The van der Waals surface area contributed by atoms with E-state index in [2.05, 4.69) is 10.6 Å². The fraction of sp³-hybridized carbons (Fsp3) is 0.750. The van der Waals surface area contributed by atoms with Gasteiger partial charge in [-0.25, -0.2) is 4.79 Å². The molecule has 4 aliphatic heterocycles. The summed E-state index contributed by atoms with van der Waals surface area (Å²) >= 11 is 1.42.